The van der Waals surface area contributed by atoms with Gasteiger partial charge in [0.05, 0.1) is 4.92 Å². The van der Waals surface area contributed by atoms with E-state index in [1.54, 1.807) is 30.1 Å². The Labute approximate surface area is 138 Å². The third kappa shape index (κ3) is 3.17. The topological polar surface area (TPSA) is 101 Å². The van der Waals surface area contributed by atoms with Crippen LogP contribution in [-0.4, -0.2) is 45.3 Å². The predicted octanol–water partition coefficient (Wildman–Crippen LogP) is 2.00. The molecule has 0 bridgehead atoms. The van der Waals surface area contributed by atoms with Crippen molar-refractivity contribution in [2.24, 2.45) is 0 Å². The van der Waals surface area contributed by atoms with Gasteiger partial charge >= 0.3 is 0 Å². The lowest BCUT2D eigenvalue weighted by Gasteiger charge is -2.14. The first-order valence-corrected chi connectivity index (χ1v) is 7.56. The minimum atomic E-state index is -0.448. The molecular formula is C16H17N5O3. The smallest absolute Gasteiger partial charge is 0.269 e. The van der Waals surface area contributed by atoms with Crippen LogP contribution in [0.4, 0.5) is 11.5 Å². The van der Waals surface area contributed by atoms with Gasteiger partial charge in [0.2, 0.25) is 5.91 Å². The van der Waals surface area contributed by atoms with Crippen molar-refractivity contribution in [3.8, 4) is 11.4 Å². The highest BCUT2D eigenvalue weighted by molar-refractivity contribution is 5.86. The summed E-state index contributed by atoms with van der Waals surface area (Å²) in [5.74, 6) is 1.08. The highest BCUT2D eigenvalue weighted by atomic mass is 16.6. The number of amides is 1. The molecule has 2 aromatic rings. The van der Waals surface area contributed by atoms with E-state index in [-0.39, 0.29) is 17.6 Å². The van der Waals surface area contributed by atoms with E-state index in [4.69, 9.17) is 0 Å². The molecule has 8 nitrogen and oxygen atoms in total. The number of nitro benzene ring substituents is 1. The molecule has 1 saturated heterocycles. The molecule has 2 heterocycles. The molecule has 1 unspecified atom stereocenters. The summed E-state index contributed by atoms with van der Waals surface area (Å²) in [6.07, 6.45) is 0.727. The highest BCUT2D eigenvalue weighted by Crippen LogP contribution is 2.22. The predicted molar refractivity (Wildman–Crippen MR) is 88.5 cm³/mol. The molecule has 0 aliphatic carbocycles. The molecule has 1 aliphatic heterocycles. The van der Waals surface area contributed by atoms with E-state index in [0.717, 1.165) is 18.7 Å². The Balaban J connectivity index is 1.86. The summed E-state index contributed by atoms with van der Waals surface area (Å²) in [7, 11) is 1.78. The van der Waals surface area contributed by atoms with Crippen molar-refractivity contribution in [3.63, 3.8) is 0 Å². The second-order valence-corrected chi connectivity index (χ2v) is 5.77. The van der Waals surface area contributed by atoms with Gasteiger partial charge in [0.15, 0.2) is 5.82 Å². The molecule has 124 valence electrons. The third-order valence-corrected chi connectivity index (χ3v) is 3.94. The number of aryl methyl sites for hydroxylation is 1. The van der Waals surface area contributed by atoms with Crippen molar-refractivity contribution >= 4 is 17.4 Å². The Morgan fingerprint density at radius 1 is 1.29 bits per heavy atom. The molecule has 1 aromatic carbocycles. The first-order valence-electron chi connectivity index (χ1n) is 7.56. The number of nitrogens with zero attached hydrogens (tertiary/aromatic N) is 4. The molecule has 3 rings (SSSR count). The largest absolute Gasteiger partial charge is 0.358 e. The summed E-state index contributed by atoms with van der Waals surface area (Å²) in [6, 6.07) is 7.57. The van der Waals surface area contributed by atoms with Crippen molar-refractivity contribution in [2.75, 3.05) is 18.9 Å². The molecule has 0 radical (unpaired) electrons. The third-order valence-electron chi connectivity index (χ3n) is 3.94. The molecule has 1 fully saturated rings. The normalized spacial score (nSPS) is 17.2. The zero-order chi connectivity index (χ0) is 17.3. The van der Waals surface area contributed by atoms with E-state index in [1.807, 2.05) is 6.92 Å². The number of hydrogen-bond acceptors (Lipinski definition) is 6. The summed E-state index contributed by atoms with van der Waals surface area (Å²) >= 11 is 0. The number of hydrogen-bond donors (Lipinski definition) is 1. The number of nitrogens with one attached hydrogen (secondary N) is 1. The van der Waals surface area contributed by atoms with Crippen LogP contribution >= 0.6 is 0 Å². The molecule has 0 saturated carbocycles. The second-order valence-electron chi connectivity index (χ2n) is 5.77. The van der Waals surface area contributed by atoms with E-state index >= 15 is 0 Å². The lowest BCUT2D eigenvalue weighted by molar-refractivity contribution is -0.384. The minimum Gasteiger partial charge on any atom is -0.358 e. The van der Waals surface area contributed by atoms with Gasteiger partial charge in [0, 0.05) is 43.0 Å². The molecule has 1 aliphatic rings. The van der Waals surface area contributed by atoms with Crippen LogP contribution in [0.1, 0.15) is 12.1 Å². The zero-order valence-corrected chi connectivity index (χ0v) is 13.4. The van der Waals surface area contributed by atoms with Gasteiger partial charge < -0.3 is 10.2 Å². The maximum atomic E-state index is 12.0. The van der Waals surface area contributed by atoms with Gasteiger partial charge in [-0.2, -0.15) is 0 Å². The molecule has 24 heavy (non-hydrogen) atoms. The van der Waals surface area contributed by atoms with Crippen LogP contribution in [-0.2, 0) is 4.79 Å². The number of rotatable bonds is 4. The van der Waals surface area contributed by atoms with E-state index < -0.39 is 4.92 Å². The van der Waals surface area contributed by atoms with Crippen LogP contribution in [0.15, 0.2) is 30.3 Å². The van der Waals surface area contributed by atoms with Gasteiger partial charge in [-0.3, -0.25) is 14.9 Å². The van der Waals surface area contributed by atoms with Crippen LogP contribution in [0.5, 0.6) is 0 Å². The Morgan fingerprint density at radius 2 is 2.00 bits per heavy atom. The molecule has 1 amide bonds. The fourth-order valence-corrected chi connectivity index (χ4v) is 2.64. The quantitative estimate of drug-likeness (QED) is 0.681. The minimum absolute atomic E-state index is 0.0179. The number of anilines is 1. The monoisotopic (exact) mass is 327 g/mol. The number of likely N-dealkylation sites (tertiary alicyclic amines) is 1. The van der Waals surface area contributed by atoms with E-state index in [9.17, 15) is 14.9 Å². The van der Waals surface area contributed by atoms with Crippen LogP contribution in [0.2, 0.25) is 0 Å². The molecule has 1 atom stereocenters. The number of non-ortho nitro benzene ring substituents is 1. The van der Waals surface area contributed by atoms with Crippen molar-refractivity contribution < 1.29 is 9.72 Å². The van der Waals surface area contributed by atoms with E-state index in [1.165, 1.54) is 12.1 Å². The van der Waals surface area contributed by atoms with Crippen molar-refractivity contribution in [2.45, 2.75) is 19.4 Å². The zero-order valence-electron chi connectivity index (χ0n) is 13.4. The first-order chi connectivity index (χ1) is 11.4. The van der Waals surface area contributed by atoms with Gasteiger partial charge in [-0.25, -0.2) is 9.97 Å². The number of carbonyl (C=O) groups excluding carboxylic acids is 1. The summed E-state index contributed by atoms with van der Waals surface area (Å²) < 4.78 is 0. The van der Waals surface area contributed by atoms with Gasteiger partial charge in [-0.15, -0.1) is 0 Å². The Hall–Kier alpha value is -3.03. The van der Waals surface area contributed by atoms with Crippen LogP contribution in [0, 0.1) is 17.0 Å². The fraction of sp³-hybridized carbons (Fsp3) is 0.312. The van der Waals surface area contributed by atoms with Gasteiger partial charge in [-0.1, -0.05) is 0 Å². The average Bonchev–Trinajstić information content (AvgIpc) is 2.86. The maximum absolute atomic E-state index is 12.0. The molecule has 0 spiro atoms. The molecule has 8 heteroatoms. The number of carbonyl (C=O) groups is 1. The second kappa shape index (κ2) is 6.23. The summed E-state index contributed by atoms with van der Waals surface area (Å²) in [5, 5.41) is 13.9. The first kappa shape index (κ1) is 15.9. The van der Waals surface area contributed by atoms with Crippen LogP contribution in [0.25, 0.3) is 11.4 Å². The molecule has 1 aromatic heterocycles. The number of benzene rings is 1. The maximum Gasteiger partial charge on any atom is 0.269 e. The number of likely N-dealkylation sites (N-methyl/N-ethyl adjacent to an activating group) is 1. The van der Waals surface area contributed by atoms with Crippen molar-refractivity contribution in [3.05, 3.63) is 46.1 Å². The van der Waals surface area contributed by atoms with Crippen LogP contribution in [0.3, 0.4) is 0 Å². The van der Waals surface area contributed by atoms with Gasteiger partial charge in [0.1, 0.15) is 11.9 Å². The number of aromatic nitrogens is 2. The Morgan fingerprint density at radius 3 is 2.58 bits per heavy atom. The number of nitro groups is 1. The molecular weight excluding hydrogens is 310 g/mol. The van der Waals surface area contributed by atoms with E-state index in [2.05, 4.69) is 15.3 Å². The van der Waals surface area contributed by atoms with Crippen LogP contribution < -0.4 is 5.32 Å². The SMILES string of the molecule is Cc1cc(NC2CCN(C)C2=O)nc(-c2ccc([N+](=O)[O-])cc2)n1. The average molecular weight is 327 g/mol. The fourth-order valence-electron chi connectivity index (χ4n) is 2.64. The van der Waals surface area contributed by atoms with Gasteiger partial charge in [-0.05, 0) is 25.5 Å². The van der Waals surface area contributed by atoms with Gasteiger partial charge in [0.25, 0.3) is 5.69 Å². The summed E-state index contributed by atoms with van der Waals surface area (Å²) in [4.78, 5) is 32.8. The molecule has 1 N–H and O–H groups in total. The lowest BCUT2D eigenvalue weighted by Crippen LogP contribution is -2.31. The Bertz CT molecular complexity index is 791. The van der Waals surface area contributed by atoms with Crippen molar-refractivity contribution in [1.29, 1.82) is 0 Å². The summed E-state index contributed by atoms with van der Waals surface area (Å²) in [6.45, 7) is 2.56. The standard InChI is InChI=1S/C16H17N5O3/c1-10-9-14(18-13-7-8-20(2)16(13)22)19-15(17-10)11-3-5-12(6-4-11)21(23)24/h3-6,9,13H,7-8H2,1-2H3,(H,17,18,19). The highest BCUT2D eigenvalue weighted by Gasteiger charge is 2.29. The Kier molecular flexibility index (Phi) is 4.11. The van der Waals surface area contributed by atoms with E-state index in [0.29, 0.717) is 17.2 Å². The lowest BCUT2D eigenvalue weighted by atomic mass is 10.2. The summed E-state index contributed by atoms with van der Waals surface area (Å²) in [5.41, 5.74) is 1.45. The van der Waals surface area contributed by atoms with Crippen molar-refractivity contribution in [1.82, 2.24) is 14.9 Å².